The summed E-state index contributed by atoms with van der Waals surface area (Å²) in [5, 5.41) is 8.21. The van der Waals surface area contributed by atoms with Crippen molar-refractivity contribution in [2.75, 3.05) is 0 Å². The molecule has 0 saturated heterocycles. The molecule has 1 atom stereocenters. The van der Waals surface area contributed by atoms with Crippen LogP contribution in [0.3, 0.4) is 0 Å². The van der Waals surface area contributed by atoms with Crippen LogP contribution in [0.15, 0.2) is 18.2 Å². The van der Waals surface area contributed by atoms with Gasteiger partial charge >= 0.3 is 6.18 Å². The lowest BCUT2D eigenvalue weighted by atomic mass is 10.1. The summed E-state index contributed by atoms with van der Waals surface area (Å²) in [5.74, 6) is 0. The van der Waals surface area contributed by atoms with Gasteiger partial charge in [-0.25, -0.2) is 8.78 Å². The molecule has 1 nitrogen and oxygen atoms in total. The molecule has 16 heavy (non-hydrogen) atoms. The number of benzene rings is 1. The highest BCUT2D eigenvalue weighted by Gasteiger charge is 2.33. The predicted molar refractivity (Wildman–Crippen MR) is 47.4 cm³/mol. The van der Waals surface area contributed by atoms with Crippen molar-refractivity contribution in [3.05, 3.63) is 34.3 Å². The number of halogens is 6. The summed E-state index contributed by atoms with van der Waals surface area (Å²) < 4.78 is 60.9. The standard InChI is InChI=1S/C9H6ClF5O/c10-6-3-4(7(16)8(11)12)1-2-5(6)9(13,14)15/h1-3,7-8,16H. The van der Waals surface area contributed by atoms with E-state index in [1.54, 1.807) is 0 Å². The van der Waals surface area contributed by atoms with Gasteiger partial charge in [-0.1, -0.05) is 17.7 Å². The van der Waals surface area contributed by atoms with E-state index in [1.807, 2.05) is 0 Å². The largest absolute Gasteiger partial charge is 0.417 e. The minimum absolute atomic E-state index is 0.354. The van der Waals surface area contributed by atoms with Crippen LogP contribution in [0.2, 0.25) is 5.02 Å². The Morgan fingerprint density at radius 2 is 1.75 bits per heavy atom. The van der Waals surface area contributed by atoms with Crippen LogP contribution in [0.5, 0.6) is 0 Å². The topological polar surface area (TPSA) is 20.2 Å². The highest BCUT2D eigenvalue weighted by atomic mass is 35.5. The van der Waals surface area contributed by atoms with Crippen molar-refractivity contribution in [1.82, 2.24) is 0 Å². The molecule has 1 rings (SSSR count). The molecule has 0 bridgehead atoms. The van der Waals surface area contributed by atoms with Crippen molar-refractivity contribution < 1.29 is 27.1 Å². The van der Waals surface area contributed by atoms with Gasteiger partial charge < -0.3 is 5.11 Å². The molecule has 1 unspecified atom stereocenters. The molecule has 0 radical (unpaired) electrons. The van der Waals surface area contributed by atoms with Crippen LogP contribution < -0.4 is 0 Å². The van der Waals surface area contributed by atoms with Crippen LogP contribution in [-0.2, 0) is 6.18 Å². The molecule has 0 saturated carbocycles. The third kappa shape index (κ3) is 2.82. The van der Waals surface area contributed by atoms with Crippen LogP contribution in [0.4, 0.5) is 22.0 Å². The Morgan fingerprint density at radius 1 is 1.19 bits per heavy atom. The number of hydrogen-bond acceptors (Lipinski definition) is 1. The zero-order chi connectivity index (χ0) is 12.5. The van der Waals surface area contributed by atoms with E-state index in [-0.39, 0.29) is 5.56 Å². The van der Waals surface area contributed by atoms with Gasteiger partial charge in [0.1, 0.15) is 6.10 Å². The van der Waals surface area contributed by atoms with Gasteiger partial charge in [-0.15, -0.1) is 0 Å². The molecule has 0 aliphatic carbocycles. The molecule has 0 aliphatic rings. The second kappa shape index (κ2) is 4.55. The summed E-state index contributed by atoms with van der Waals surface area (Å²) in [5.41, 5.74) is -1.48. The maximum absolute atomic E-state index is 12.2. The molecule has 0 heterocycles. The SMILES string of the molecule is OC(c1ccc(C(F)(F)F)c(Cl)c1)C(F)F. The van der Waals surface area contributed by atoms with E-state index >= 15 is 0 Å². The quantitative estimate of drug-likeness (QED) is 0.805. The first-order valence-corrected chi connectivity index (χ1v) is 4.44. The Balaban J connectivity index is 3.09. The second-order valence-electron chi connectivity index (χ2n) is 3.02. The van der Waals surface area contributed by atoms with Crippen molar-refractivity contribution >= 4 is 11.6 Å². The summed E-state index contributed by atoms with van der Waals surface area (Å²) >= 11 is 5.29. The van der Waals surface area contributed by atoms with Crippen molar-refractivity contribution in [2.45, 2.75) is 18.7 Å². The molecule has 0 aromatic heterocycles. The van der Waals surface area contributed by atoms with Crippen LogP contribution >= 0.6 is 11.6 Å². The fourth-order valence-electron chi connectivity index (χ4n) is 1.09. The number of rotatable bonds is 2. The van der Waals surface area contributed by atoms with Gasteiger partial charge in [0.2, 0.25) is 0 Å². The predicted octanol–water partition coefficient (Wildman–Crippen LogP) is 3.66. The number of hydrogen-bond donors (Lipinski definition) is 1. The molecular formula is C9H6ClF5O. The van der Waals surface area contributed by atoms with E-state index < -0.39 is 29.3 Å². The van der Waals surface area contributed by atoms with E-state index in [0.29, 0.717) is 12.1 Å². The Labute approximate surface area is 92.5 Å². The first-order valence-electron chi connectivity index (χ1n) is 4.06. The van der Waals surface area contributed by atoms with Crippen LogP contribution in [-0.4, -0.2) is 11.5 Å². The van der Waals surface area contributed by atoms with E-state index in [0.717, 1.165) is 6.07 Å². The maximum atomic E-state index is 12.2. The molecule has 1 N–H and O–H groups in total. The molecule has 1 aromatic rings. The fraction of sp³-hybridized carbons (Fsp3) is 0.333. The lowest BCUT2D eigenvalue weighted by Crippen LogP contribution is -2.10. The molecule has 0 spiro atoms. The van der Waals surface area contributed by atoms with Crippen molar-refractivity contribution in [3.63, 3.8) is 0 Å². The van der Waals surface area contributed by atoms with E-state index in [9.17, 15) is 22.0 Å². The number of aliphatic hydroxyl groups is 1. The number of alkyl halides is 5. The normalized spacial score (nSPS) is 14.2. The molecule has 1 aromatic carbocycles. The Bertz CT molecular complexity index is 377. The maximum Gasteiger partial charge on any atom is 0.417 e. The second-order valence-corrected chi connectivity index (χ2v) is 3.42. The highest BCUT2D eigenvalue weighted by Crippen LogP contribution is 2.36. The average molecular weight is 261 g/mol. The van der Waals surface area contributed by atoms with Crippen molar-refractivity contribution in [2.24, 2.45) is 0 Å². The van der Waals surface area contributed by atoms with Gasteiger partial charge in [-0.3, -0.25) is 0 Å². The molecule has 0 aliphatic heterocycles. The average Bonchev–Trinajstić information content (AvgIpc) is 2.14. The smallest absolute Gasteiger partial charge is 0.382 e. The van der Waals surface area contributed by atoms with Gasteiger partial charge in [0.05, 0.1) is 10.6 Å². The zero-order valence-corrected chi connectivity index (χ0v) is 8.36. The van der Waals surface area contributed by atoms with Crippen LogP contribution in [0.1, 0.15) is 17.2 Å². The Hall–Kier alpha value is -0.880. The minimum atomic E-state index is -4.65. The van der Waals surface area contributed by atoms with E-state index in [2.05, 4.69) is 0 Å². The minimum Gasteiger partial charge on any atom is -0.382 e. The Morgan fingerprint density at radius 3 is 2.12 bits per heavy atom. The van der Waals surface area contributed by atoms with Gasteiger partial charge in [0.25, 0.3) is 6.43 Å². The Kier molecular flexibility index (Phi) is 3.75. The lowest BCUT2D eigenvalue weighted by Gasteiger charge is -2.13. The third-order valence-corrected chi connectivity index (χ3v) is 2.19. The van der Waals surface area contributed by atoms with Crippen LogP contribution in [0, 0.1) is 0 Å². The van der Waals surface area contributed by atoms with Crippen molar-refractivity contribution in [3.8, 4) is 0 Å². The fourth-order valence-corrected chi connectivity index (χ4v) is 1.39. The highest BCUT2D eigenvalue weighted by molar-refractivity contribution is 6.31. The summed E-state index contributed by atoms with van der Waals surface area (Å²) in [6, 6.07) is 2.01. The van der Waals surface area contributed by atoms with Crippen LogP contribution in [0.25, 0.3) is 0 Å². The van der Waals surface area contributed by atoms with Gasteiger partial charge in [-0.2, -0.15) is 13.2 Å². The summed E-state index contributed by atoms with van der Waals surface area (Å²) in [4.78, 5) is 0. The van der Waals surface area contributed by atoms with E-state index in [4.69, 9.17) is 16.7 Å². The first-order chi connectivity index (χ1) is 7.23. The summed E-state index contributed by atoms with van der Waals surface area (Å²) in [7, 11) is 0. The molecule has 0 fully saturated rings. The number of aliphatic hydroxyl groups excluding tert-OH is 1. The van der Waals surface area contributed by atoms with Gasteiger partial charge in [-0.05, 0) is 17.7 Å². The van der Waals surface area contributed by atoms with E-state index in [1.165, 1.54) is 0 Å². The summed E-state index contributed by atoms with van der Waals surface area (Å²) in [6.07, 6.45) is -9.86. The first kappa shape index (κ1) is 13.2. The third-order valence-electron chi connectivity index (χ3n) is 1.88. The molecule has 0 amide bonds. The zero-order valence-electron chi connectivity index (χ0n) is 7.60. The monoisotopic (exact) mass is 260 g/mol. The summed E-state index contributed by atoms with van der Waals surface area (Å²) in [6.45, 7) is 0. The van der Waals surface area contributed by atoms with Crippen molar-refractivity contribution in [1.29, 1.82) is 0 Å². The van der Waals surface area contributed by atoms with Gasteiger partial charge in [0, 0.05) is 0 Å². The molecule has 90 valence electrons. The molecule has 7 heteroatoms. The molecular weight excluding hydrogens is 255 g/mol. The lowest BCUT2D eigenvalue weighted by molar-refractivity contribution is -0.137. The van der Waals surface area contributed by atoms with Gasteiger partial charge in [0.15, 0.2) is 0 Å².